The fourth-order valence-electron chi connectivity index (χ4n) is 8.35. The molecule has 0 amide bonds. The standard InChI is InChI=1S/C24H35NO/c1-5-17-18(6-2)22-19-8-7-15-13-16(26)9-11-23(15,3)20(19)10-12-24(22,4)21(17)14-25/h13,17-22H,5-12H2,1-4H3/t17?,18?,19-,20-,21?,22+,23+,24-/m1/s1. The Bertz CT molecular complexity index is 672. The first-order chi connectivity index (χ1) is 12.4. The Morgan fingerprint density at radius 3 is 2.50 bits per heavy atom. The molecule has 142 valence electrons. The van der Waals surface area contributed by atoms with Gasteiger partial charge in [-0.1, -0.05) is 46.1 Å². The van der Waals surface area contributed by atoms with Gasteiger partial charge in [0.1, 0.15) is 0 Å². The van der Waals surface area contributed by atoms with Crippen molar-refractivity contribution in [1.82, 2.24) is 0 Å². The summed E-state index contributed by atoms with van der Waals surface area (Å²) in [5.41, 5.74) is 1.90. The summed E-state index contributed by atoms with van der Waals surface area (Å²) >= 11 is 0. The molecule has 8 atom stereocenters. The van der Waals surface area contributed by atoms with E-state index in [0.29, 0.717) is 23.5 Å². The average molecular weight is 354 g/mol. The van der Waals surface area contributed by atoms with E-state index in [-0.39, 0.29) is 16.7 Å². The second kappa shape index (κ2) is 6.22. The molecule has 2 nitrogen and oxygen atoms in total. The Morgan fingerprint density at radius 2 is 1.85 bits per heavy atom. The molecule has 0 N–H and O–H groups in total. The lowest BCUT2D eigenvalue weighted by molar-refractivity contribution is -0.117. The number of carbonyl (C=O) groups is 1. The van der Waals surface area contributed by atoms with Crippen LogP contribution in [0.5, 0.6) is 0 Å². The second-order valence-electron chi connectivity index (χ2n) is 10.2. The highest BCUT2D eigenvalue weighted by Crippen LogP contribution is 2.69. The second-order valence-corrected chi connectivity index (χ2v) is 10.2. The Kier molecular flexibility index (Phi) is 4.37. The number of allylic oxidation sites excluding steroid dienone is 1. The van der Waals surface area contributed by atoms with Crippen molar-refractivity contribution in [2.24, 2.45) is 46.3 Å². The quantitative estimate of drug-likeness (QED) is 0.617. The Balaban J connectivity index is 1.74. The maximum Gasteiger partial charge on any atom is 0.155 e. The van der Waals surface area contributed by atoms with Crippen LogP contribution in [0.4, 0.5) is 0 Å². The molecule has 3 unspecified atom stereocenters. The van der Waals surface area contributed by atoms with Crippen LogP contribution in [0.25, 0.3) is 0 Å². The molecular weight excluding hydrogens is 318 g/mol. The minimum atomic E-state index is 0.208. The van der Waals surface area contributed by atoms with E-state index in [9.17, 15) is 10.1 Å². The van der Waals surface area contributed by atoms with Gasteiger partial charge in [-0.25, -0.2) is 0 Å². The summed E-state index contributed by atoms with van der Waals surface area (Å²) in [6, 6.07) is 2.78. The molecule has 0 spiro atoms. The van der Waals surface area contributed by atoms with E-state index >= 15 is 0 Å². The van der Waals surface area contributed by atoms with Gasteiger partial charge in [0, 0.05) is 6.42 Å². The van der Waals surface area contributed by atoms with Crippen LogP contribution in [0.15, 0.2) is 11.6 Å². The van der Waals surface area contributed by atoms with E-state index in [0.717, 1.165) is 37.5 Å². The highest BCUT2D eigenvalue weighted by atomic mass is 16.1. The van der Waals surface area contributed by atoms with Gasteiger partial charge in [0.05, 0.1) is 12.0 Å². The van der Waals surface area contributed by atoms with Crippen LogP contribution < -0.4 is 0 Å². The molecule has 0 aliphatic heterocycles. The van der Waals surface area contributed by atoms with Crippen molar-refractivity contribution in [3.8, 4) is 6.07 Å². The molecular formula is C24H35NO. The first-order valence-corrected chi connectivity index (χ1v) is 11.0. The van der Waals surface area contributed by atoms with E-state index in [2.05, 4.69) is 33.8 Å². The first kappa shape index (κ1) is 18.3. The lowest BCUT2D eigenvalue weighted by Gasteiger charge is -2.58. The molecule has 0 aromatic carbocycles. The first-order valence-electron chi connectivity index (χ1n) is 11.0. The van der Waals surface area contributed by atoms with Gasteiger partial charge in [0.15, 0.2) is 5.78 Å². The number of nitrogens with zero attached hydrogens (tertiary/aromatic N) is 1. The van der Waals surface area contributed by atoms with Crippen molar-refractivity contribution in [3.63, 3.8) is 0 Å². The maximum absolute atomic E-state index is 12.0. The number of carbonyl (C=O) groups excluding carboxylic acids is 1. The third-order valence-electron chi connectivity index (χ3n) is 9.49. The van der Waals surface area contributed by atoms with Crippen LogP contribution in [0.2, 0.25) is 0 Å². The zero-order valence-electron chi connectivity index (χ0n) is 17.1. The van der Waals surface area contributed by atoms with Crippen LogP contribution >= 0.6 is 0 Å². The van der Waals surface area contributed by atoms with Crippen molar-refractivity contribution < 1.29 is 4.79 Å². The summed E-state index contributed by atoms with van der Waals surface area (Å²) in [6.07, 6.45) is 11.0. The minimum Gasteiger partial charge on any atom is -0.295 e. The topological polar surface area (TPSA) is 40.9 Å². The van der Waals surface area contributed by atoms with E-state index < -0.39 is 0 Å². The summed E-state index contributed by atoms with van der Waals surface area (Å²) in [7, 11) is 0. The number of rotatable bonds is 2. The number of nitriles is 1. The van der Waals surface area contributed by atoms with Gasteiger partial charge in [-0.05, 0) is 78.6 Å². The molecule has 4 rings (SSSR count). The van der Waals surface area contributed by atoms with Gasteiger partial charge in [-0.3, -0.25) is 4.79 Å². The minimum absolute atomic E-state index is 0.208. The molecule has 4 aliphatic carbocycles. The number of hydrogen-bond donors (Lipinski definition) is 0. The zero-order valence-corrected chi connectivity index (χ0v) is 17.1. The number of hydrogen-bond acceptors (Lipinski definition) is 2. The maximum atomic E-state index is 12.0. The average Bonchev–Trinajstić information content (AvgIpc) is 2.89. The number of fused-ring (bicyclic) bond motifs is 5. The lowest BCUT2D eigenvalue weighted by Crippen LogP contribution is -2.51. The van der Waals surface area contributed by atoms with Crippen LogP contribution in [-0.2, 0) is 4.79 Å². The lowest BCUT2D eigenvalue weighted by atomic mass is 9.46. The van der Waals surface area contributed by atoms with Gasteiger partial charge >= 0.3 is 0 Å². The smallest absolute Gasteiger partial charge is 0.155 e. The molecule has 2 heteroatoms. The molecule has 4 aliphatic rings. The normalized spacial score (nSPS) is 50.3. The SMILES string of the molecule is CCC1C(CC)[C@H]2[C@@H]3CCC4=CC(=O)CC[C@]4(C)[C@@H]3CC[C@]2(C)C1C#N. The molecule has 3 saturated carbocycles. The molecule has 3 fully saturated rings. The van der Waals surface area contributed by atoms with Gasteiger partial charge in [0.2, 0.25) is 0 Å². The highest BCUT2D eigenvalue weighted by Gasteiger charge is 2.64. The summed E-state index contributed by atoms with van der Waals surface area (Å²) < 4.78 is 0. The van der Waals surface area contributed by atoms with Crippen molar-refractivity contribution in [2.45, 2.75) is 79.1 Å². The molecule has 0 aromatic heterocycles. The Morgan fingerprint density at radius 1 is 1.12 bits per heavy atom. The molecule has 0 heterocycles. The highest BCUT2D eigenvalue weighted by molar-refractivity contribution is 5.91. The summed E-state index contributed by atoms with van der Waals surface area (Å²) in [5, 5.41) is 10.1. The fraction of sp³-hybridized carbons (Fsp3) is 0.833. The predicted octanol–water partition coefficient (Wildman–Crippen LogP) is 5.93. The van der Waals surface area contributed by atoms with Crippen LogP contribution in [-0.4, -0.2) is 5.78 Å². The van der Waals surface area contributed by atoms with Gasteiger partial charge < -0.3 is 0 Å². The van der Waals surface area contributed by atoms with Crippen molar-refractivity contribution in [3.05, 3.63) is 11.6 Å². The van der Waals surface area contributed by atoms with E-state index in [1.165, 1.54) is 31.3 Å². The van der Waals surface area contributed by atoms with E-state index in [1.54, 1.807) is 0 Å². The molecule has 0 bridgehead atoms. The molecule has 26 heavy (non-hydrogen) atoms. The third kappa shape index (κ3) is 2.25. The summed E-state index contributed by atoms with van der Waals surface area (Å²) in [6.45, 7) is 9.57. The van der Waals surface area contributed by atoms with Crippen LogP contribution in [0.1, 0.15) is 79.1 Å². The predicted molar refractivity (Wildman–Crippen MR) is 104 cm³/mol. The third-order valence-corrected chi connectivity index (χ3v) is 9.49. The van der Waals surface area contributed by atoms with Gasteiger partial charge in [-0.15, -0.1) is 0 Å². The van der Waals surface area contributed by atoms with Crippen LogP contribution in [0.3, 0.4) is 0 Å². The Labute approximate surface area is 159 Å². The van der Waals surface area contributed by atoms with E-state index in [4.69, 9.17) is 0 Å². The van der Waals surface area contributed by atoms with Crippen molar-refractivity contribution >= 4 is 5.78 Å². The summed E-state index contributed by atoms with van der Waals surface area (Å²) in [4.78, 5) is 12.0. The zero-order chi connectivity index (χ0) is 18.7. The fourth-order valence-corrected chi connectivity index (χ4v) is 8.35. The largest absolute Gasteiger partial charge is 0.295 e. The Hall–Kier alpha value is -1.10. The molecule has 0 saturated heterocycles. The monoisotopic (exact) mass is 353 g/mol. The number of ketones is 1. The van der Waals surface area contributed by atoms with Gasteiger partial charge in [0.25, 0.3) is 0 Å². The van der Waals surface area contributed by atoms with E-state index in [1.807, 2.05) is 6.08 Å². The summed E-state index contributed by atoms with van der Waals surface area (Å²) in [5.74, 6) is 4.05. The van der Waals surface area contributed by atoms with Crippen LogP contribution in [0, 0.1) is 57.7 Å². The molecule has 0 aromatic rings. The van der Waals surface area contributed by atoms with Crippen molar-refractivity contribution in [1.29, 1.82) is 5.26 Å². The van der Waals surface area contributed by atoms with Gasteiger partial charge in [-0.2, -0.15) is 5.26 Å². The molecule has 0 radical (unpaired) electrons. The van der Waals surface area contributed by atoms with Crippen molar-refractivity contribution in [2.75, 3.05) is 0 Å².